The highest BCUT2D eigenvalue weighted by molar-refractivity contribution is 7.94. The highest BCUT2D eigenvalue weighted by Gasteiger charge is 2.15. The van der Waals surface area contributed by atoms with Crippen LogP contribution in [0, 0.1) is 0 Å². The zero-order valence-corrected chi connectivity index (χ0v) is 17.6. The summed E-state index contributed by atoms with van der Waals surface area (Å²) >= 11 is 1.14. The molecule has 29 heavy (non-hydrogen) atoms. The Morgan fingerprint density at radius 2 is 1.72 bits per heavy atom. The number of ether oxygens (including phenoxy) is 1. The summed E-state index contributed by atoms with van der Waals surface area (Å²) in [5.41, 5.74) is 2.88. The number of hydrogen-bond donors (Lipinski definition) is 2. The quantitative estimate of drug-likeness (QED) is 0.537. The maximum absolute atomic E-state index is 12.4. The van der Waals surface area contributed by atoms with Gasteiger partial charge in [0, 0.05) is 24.4 Å². The Hall–Kier alpha value is -2.68. The fraction of sp³-hybridized carbons (Fsp3) is 0.190. The molecule has 0 radical (unpaired) electrons. The number of thiophene rings is 1. The van der Waals surface area contributed by atoms with Crippen LogP contribution in [0.4, 0.5) is 5.69 Å². The monoisotopic (exact) mass is 430 g/mol. The van der Waals surface area contributed by atoms with E-state index in [4.69, 9.17) is 4.74 Å². The molecule has 3 rings (SSSR count). The van der Waals surface area contributed by atoms with Gasteiger partial charge >= 0.3 is 0 Å². The topological polar surface area (TPSA) is 84.5 Å². The minimum atomic E-state index is -3.61. The number of rotatable bonds is 9. The van der Waals surface area contributed by atoms with Gasteiger partial charge in [-0.05, 0) is 53.8 Å². The minimum absolute atomic E-state index is 0.233. The van der Waals surface area contributed by atoms with E-state index in [9.17, 15) is 13.2 Å². The Morgan fingerprint density at radius 3 is 2.38 bits per heavy atom. The van der Waals surface area contributed by atoms with E-state index in [-0.39, 0.29) is 10.1 Å². The number of benzene rings is 2. The molecule has 0 atom stereocenters. The molecule has 0 bridgehead atoms. The van der Waals surface area contributed by atoms with Gasteiger partial charge in [0.2, 0.25) is 0 Å². The van der Waals surface area contributed by atoms with E-state index in [2.05, 4.69) is 10.0 Å². The zero-order valence-electron chi connectivity index (χ0n) is 15.9. The van der Waals surface area contributed by atoms with Crippen molar-refractivity contribution in [3.05, 3.63) is 82.7 Å². The molecule has 0 spiro atoms. The molecular formula is C21H22N2O4S2. The van der Waals surface area contributed by atoms with Gasteiger partial charge in [-0.15, -0.1) is 11.3 Å². The predicted molar refractivity (Wildman–Crippen MR) is 115 cm³/mol. The van der Waals surface area contributed by atoms with E-state index in [1.54, 1.807) is 35.7 Å². The number of nitrogens with one attached hydrogen (secondary N) is 2. The van der Waals surface area contributed by atoms with Crippen molar-refractivity contribution in [3.63, 3.8) is 0 Å². The highest BCUT2D eigenvalue weighted by Crippen LogP contribution is 2.20. The van der Waals surface area contributed by atoms with Gasteiger partial charge in [-0.25, -0.2) is 8.42 Å². The normalized spacial score (nSPS) is 11.2. The standard InChI is InChI=1S/C21H22N2O4S2/c1-2-27-15-18-7-4-3-6-17(18)14-22-21(24)16-9-11-19(12-10-16)23-29(25,26)20-8-5-13-28-20/h3-13,23H,2,14-15H2,1H3,(H,22,24). The van der Waals surface area contributed by atoms with Crippen LogP contribution < -0.4 is 10.0 Å². The van der Waals surface area contributed by atoms with E-state index >= 15 is 0 Å². The molecule has 3 aromatic rings. The lowest BCUT2D eigenvalue weighted by atomic mass is 10.1. The fourth-order valence-electron chi connectivity index (χ4n) is 2.67. The molecule has 8 heteroatoms. The first-order chi connectivity index (χ1) is 14.0. The van der Waals surface area contributed by atoms with Crippen LogP contribution in [0.5, 0.6) is 0 Å². The molecule has 152 valence electrons. The SMILES string of the molecule is CCOCc1ccccc1CNC(=O)c1ccc(NS(=O)(=O)c2cccs2)cc1. The van der Waals surface area contributed by atoms with Crippen molar-refractivity contribution in [1.82, 2.24) is 5.32 Å². The maximum Gasteiger partial charge on any atom is 0.271 e. The smallest absolute Gasteiger partial charge is 0.271 e. The van der Waals surface area contributed by atoms with Gasteiger partial charge in [0.05, 0.1) is 6.61 Å². The third kappa shape index (κ3) is 5.66. The first-order valence-corrected chi connectivity index (χ1v) is 11.4. The second kappa shape index (κ2) is 9.69. The second-order valence-corrected chi connectivity index (χ2v) is 9.06. The Balaban J connectivity index is 1.61. The summed E-state index contributed by atoms with van der Waals surface area (Å²) in [5, 5.41) is 4.59. The molecule has 0 fully saturated rings. The lowest BCUT2D eigenvalue weighted by Gasteiger charge is -2.11. The third-order valence-electron chi connectivity index (χ3n) is 4.18. The molecule has 0 aliphatic rings. The Morgan fingerprint density at radius 1 is 1.00 bits per heavy atom. The van der Waals surface area contributed by atoms with Crippen LogP contribution in [0.3, 0.4) is 0 Å². The van der Waals surface area contributed by atoms with Crippen LogP contribution in [0.15, 0.2) is 70.3 Å². The van der Waals surface area contributed by atoms with Crippen molar-refractivity contribution in [1.29, 1.82) is 0 Å². The van der Waals surface area contributed by atoms with Gasteiger partial charge in [-0.1, -0.05) is 30.3 Å². The Kier molecular flexibility index (Phi) is 7.03. The van der Waals surface area contributed by atoms with Crippen LogP contribution in [0.1, 0.15) is 28.4 Å². The van der Waals surface area contributed by atoms with Crippen LogP contribution >= 0.6 is 11.3 Å². The summed E-state index contributed by atoms with van der Waals surface area (Å²) in [5.74, 6) is -0.233. The molecule has 1 amide bonds. The van der Waals surface area contributed by atoms with Gasteiger partial charge in [0.15, 0.2) is 0 Å². The molecule has 2 aromatic carbocycles. The summed E-state index contributed by atoms with van der Waals surface area (Å²) in [6.07, 6.45) is 0. The summed E-state index contributed by atoms with van der Waals surface area (Å²) in [6, 6.07) is 17.3. The van der Waals surface area contributed by atoms with Gasteiger partial charge in [-0.2, -0.15) is 0 Å². The molecule has 0 unspecified atom stereocenters. The van der Waals surface area contributed by atoms with Crippen LogP contribution in [0.2, 0.25) is 0 Å². The van der Waals surface area contributed by atoms with Gasteiger partial charge in [-0.3, -0.25) is 9.52 Å². The average Bonchev–Trinajstić information content (AvgIpc) is 3.27. The molecule has 0 saturated carbocycles. The molecule has 1 aromatic heterocycles. The number of anilines is 1. The number of sulfonamides is 1. The van der Waals surface area contributed by atoms with E-state index < -0.39 is 10.0 Å². The van der Waals surface area contributed by atoms with Crippen LogP contribution in [-0.4, -0.2) is 20.9 Å². The van der Waals surface area contributed by atoms with Gasteiger partial charge < -0.3 is 10.1 Å². The summed E-state index contributed by atoms with van der Waals surface area (Å²) < 4.78 is 32.7. The Labute approximate surface area is 174 Å². The molecule has 0 saturated heterocycles. The van der Waals surface area contributed by atoms with Crippen molar-refractivity contribution in [2.45, 2.75) is 24.3 Å². The highest BCUT2D eigenvalue weighted by atomic mass is 32.2. The predicted octanol–water partition coefficient (Wildman–Crippen LogP) is 4.02. The summed E-state index contributed by atoms with van der Waals surface area (Å²) in [7, 11) is -3.61. The maximum atomic E-state index is 12.4. The van der Waals surface area contributed by atoms with Crippen molar-refractivity contribution in [2.24, 2.45) is 0 Å². The number of hydrogen-bond acceptors (Lipinski definition) is 5. The average molecular weight is 431 g/mol. The van der Waals surface area contributed by atoms with E-state index in [0.29, 0.717) is 31.0 Å². The molecular weight excluding hydrogens is 408 g/mol. The van der Waals surface area contributed by atoms with Crippen LogP contribution in [0.25, 0.3) is 0 Å². The van der Waals surface area contributed by atoms with E-state index in [1.807, 2.05) is 31.2 Å². The van der Waals surface area contributed by atoms with Crippen molar-refractivity contribution in [3.8, 4) is 0 Å². The Bertz CT molecular complexity index is 1050. The van der Waals surface area contributed by atoms with Crippen molar-refractivity contribution < 1.29 is 17.9 Å². The van der Waals surface area contributed by atoms with Gasteiger partial charge in [0.1, 0.15) is 4.21 Å². The number of amides is 1. The molecule has 2 N–H and O–H groups in total. The first-order valence-electron chi connectivity index (χ1n) is 9.08. The number of carbonyl (C=O) groups is 1. The summed E-state index contributed by atoms with van der Waals surface area (Å²) in [4.78, 5) is 12.4. The largest absolute Gasteiger partial charge is 0.377 e. The minimum Gasteiger partial charge on any atom is -0.377 e. The fourth-order valence-corrected chi connectivity index (χ4v) is 4.72. The van der Waals surface area contributed by atoms with Gasteiger partial charge in [0.25, 0.3) is 15.9 Å². The van der Waals surface area contributed by atoms with Crippen LogP contribution in [-0.2, 0) is 27.9 Å². The summed E-state index contributed by atoms with van der Waals surface area (Å²) in [6.45, 7) is 3.45. The molecule has 0 aliphatic carbocycles. The molecule has 0 aliphatic heterocycles. The first kappa shape index (κ1) is 21.0. The van der Waals surface area contributed by atoms with Crippen molar-refractivity contribution in [2.75, 3.05) is 11.3 Å². The lowest BCUT2D eigenvalue weighted by Crippen LogP contribution is -2.23. The molecule has 1 heterocycles. The van der Waals surface area contributed by atoms with E-state index in [0.717, 1.165) is 22.5 Å². The lowest BCUT2D eigenvalue weighted by molar-refractivity contribution is 0.0950. The van der Waals surface area contributed by atoms with E-state index in [1.165, 1.54) is 6.07 Å². The second-order valence-electron chi connectivity index (χ2n) is 6.20. The zero-order chi connectivity index (χ0) is 20.7. The molecule has 6 nitrogen and oxygen atoms in total. The number of carbonyl (C=O) groups excluding carboxylic acids is 1. The van der Waals surface area contributed by atoms with Crippen molar-refractivity contribution >= 4 is 33.0 Å². The third-order valence-corrected chi connectivity index (χ3v) is 6.96.